The Bertz CT molecular complexity index is 1020. The van der Waals surface area contributed by atoms with Crippen LogP contribution in [0.25, 0.3) is 0 Å². The van der Waals surface area contributed by atoms with Gasteiger partial charge in [0.1, 0.15) is 12.3 Å². The lowest BCUT2D eigenvalue weighted by Gasteiger charge is -2.21. The molecule has 0 unspecified atom stereocenters. The molecular formula is C29H40N4O4. The lowest BCUT2D eigenvalue weighted by Crippen LogP contribution is -2.30. The summed E-state index contributed by atoms with van der Waals surface area (Å²) in [6.07, 6.45) is 9.48. The fourth-order valence-corrected chi connectivity index (χ4v) is 4.56. The Morgan fingerprint density at radius 2 is 1.78 bits per heavy atom. The Kier molecular flexibility index (Phi) is 11.9. The average Bonchev–Trinajstić information content (AvgIpc) is 2.91. The van der Waals surface area contributed by atoms with Crippen LogP contribution in [-0.2, 0) is 21.0 Å². The van der Waals surface area contributed by atoms with Gasteiger partial charge in [-0.15, -0.1) is 0 Å². The molecule has 200 valence electrons. The minimum Gasteiger partial charge on any atom is -0.480 e. The Balaban J connectivity index is 1.48. The maximum Gasteiger partial charge on any atom is 0.317 e. The molecule has 0 aliphatic heterocycles. The van der Waals surface area contributed by atoms with Crippen LogP contribution in [0.1, 0.15) is 74.5 Å². The van der Waals surface area contributed by atoms with Crippen LogP contribution in [0.4, 0.5) is 5.69 Å². The van der Waals surface area contributed by atoms with Gasteiger partial charge in [-0.25, -0.2) is 0 Å². The van der Waals surface area contributed by atoms with Gasteiger partial charge in [0.15, 0.2) is 0 Å². The van der Waals surface area contributed by atoms with Crippen molar-refractivity contribution < 1.29 is 19.5 Å². The highest BCUT2D eigenvalue weighted by atomic mass is 16.6. The fourth-order valence-electron chi connectivity index (χ4n) is 4.56. The minimum atomic E-state index is -0.922. The SMILES string of the molecule is Nc1ccc(C(=NOCCCCCC(=O)NCC2CCCCC2)c2ccccc2)cc1CNCC(=O)O. The number of nitrogen functional groups attached to an aromatic ring is 1. The van der Waals surface area contributed by atoms with E-state index in [1.54, 1.807) is 6.07 Å². The normalized spacial score (nSPS) is 14.3. The van der Waals surface area contributed by atoms with Gasteiger partial charge in [-0.2, -0.15) is 0 Å². The summed E-state index contributed by atoms with van der Waals surface area (Å²) < 4.78 is 0. The van der Waals surface area contributed by atoms with Gasteiger partial charge in [0, 0.05) is 36.3 Å². The van der Waals surface area contributed by atoms with E-state index in [-0.39, 0.29) is 12.5 Å². The Hall–Kier alpha value is -3.39. The third kappa shape index (κ3) is 10.2. The van der Waals surface area contributed by atoms with E-state index < -0.39 is 5.97 Å². The summed E-state index contributed by atoms with van der Waals surface area (Å²) in [5.41, 5.74) is 9.91. The van der Waals surface area contributed by atoms with Gasteiger partial charge in [-0.3, -0.25) is 9.59 Å². The number of nitrogens with two attached hydrogens (primary N) is 1. The number of carbonyl (C=O) groups excluding carboxylic acids is 1. The first-order valence-corrected chi connectivity index (χ1v) is 13.4. The summed E-state index contributed by atoms with van der Waals surface area (Å²) in [5.74, 6) is -0.122. The Labute approximate surface area is 219 Å². The van der Waals surface area contributed by atoms with Crippen molar-refractivity contribution in [3.63, 3.8) is 0 Å². The predicted octanol–water partition coefficient (Wildman–Crippen LogP) is 4.47. The summed E-state index contributed by atoms with van der Waals surface area (Å²) >= 11 is 0. The number of unbranched alkanes of at least 4 members (excludes halogenated alkanes) is 2. The van der Waals surface area contributed by atoms with Crippen LogP contribution in [0.15, 0.2) is 53.7 Å². The van der Waals surface area contributed by atoms with Crippen molar-refractivity contribution in [2.24, 2.45) is 11.1 Å². The van der Waals surface area contributed by atoms with Crippen molar-refractivity contribution in [1.82, 2.24) is 10.6 Å². The average molecular weight is 509 g/mol. The van der Waals surface area contributed by atoms with Gasteiger partial charge >= 0.3 is 5.97 Å². The maximum absolute atomic E-state index is 12.1. The van der Waals surface area contributed by atoms with E-state index in [2.05, 4.69) is 15.8 Å². The molecule has 0 saturated heterocycles. The number of carboxylic acids is 1. The fraction of sp³-hybridized carbons (Fsp3) is 0.483. The van der Waals surface area contributed by atoms with E-state index in [0.717, 1.165) is 42.5 Å². The maximum atomic E-state index is 12.1. The number of anilines is 1. The van der Waals surface area contributed by atoms with Gasteiger partial charge in [0.2, 0.25) is 5.91 Å². The van der Waals surface area contributed by atoms with Crippen molar-refractivity contribution in [3.05, 3.63) is 65.2 Å². The number of hydrogen-bond acceptors (Lipinski definition) is 6. The first-order valence-electron chi connectivity index (χ1n) is 13.4. The molecule has 0 radical (unpaired) electrons. The second-order valence-electron chi connectivity index (χ2n) is 9.67. The molecule has 0 spiro atoms. The van der Waals surface area contributed by atoms with Crippen molar-refractivity contribution in [1.29, 1.82) is 0 Å². The summed E-state index contributed by atoms with van der Waals surface area (Å²) in [7, 11) is 0. The van der Waals surface area contributed by atoms with Gasteiger partial charge in [-0.05, 0) is 55.7 Å². The van der Waals surface area contributed by atoms with E-state index >= 15 is 0 Å². The summed E-state index contributed by atoms with van der Waals surface area (Å²) in [5, 5.41) is 19.3. The topological polar surface area (TPSA) is 126 Å². The molecule has 0 atom stereocenters. The van der Waals surface area contributed by atoms with Crippen LogP contribution < -0.4 is 16.4 Å². The van der Waals surface area contributed by atoms with Crippen molar-refractivity contribution >= 4 is 23.3 Å². The number of hydrogen-bond donors (Lipinski definition) is 4. The second-order valence-corrected chi connectivity index (χ2v) is 9.67. The number of nitrogens with zero attached hydrogens (tertiary/aromatic N) is 1. The molecule has 2 aromatic rings. The van der Waals surface area contributed by atoms with Crippen LogP contribution in [0, 0.1) is 5.92 Å². The number of benzene rings is 2. The van der Waals surface area contributed by atoms with Crippen molar-refractivity contribution in [2.45, 2.75) is 64.3 Å². The number of nitrogens with one attached hydrogen (secondary N) is 2. The Morgan fingerprint density at radius 3 is 2.54 bits per heavy atom. The lowest BCUT2D eigenvalue weighted by atomic mass is 9.89. The first kappa shape index (κ1) is 28.2. The molecule has 0 aromatic heterocycles. The van der Waals surface area contributed by atoms with Gasteiger partial charge < -0.3 is 26.3 Å². The summed E-state index contributed by atoms with van der Waals surface area (Å²) in [4.78, 5) is 28.6. The molecule has 1 aliphatic rings. The molecular weight excluding hydrogens is 468 g/mol. The molecule has 3 rings (SSSR count). The smallest absolute Gasteiger partial charge is 0.317 e. The van der Waals surface area contributed by atoms with Crippen molar-refractivity contribution in [2.75, 3.05) is 25.4 Å². The number of oxime groups is 1. The van der Waals surface area contributed by atoms with Crippen LogP contribution in [0.5, 0.6) is 0 Å². The zero-order chi connectivity index (χ0) is 26.3. The van der Waals surface area contributed by atoms with Gasteiger partial charge in [-0.1, -0.05) is 60.8 Å². The van der Waals surface area contributed by atoms with Crippen LogP contribution in [0.3, 0.4) is 0 Å². The van der Waals surface area contributed by atoms with E-state index in [1.807, 2.05) is 42.5 Å². The molecule has 8 nitrogen and oxygen atoms in total. The molecule has 1 amide bonds. The van der Waals surface area contributed by atoms with E-state index in [9.17, 15) is 9.59 Å². The number of rotatable bonds is 15. The molecule has 8 heteroatoms. The van der Waals surface area contributed by atoms with E-state index in [4.69, 9.17) is 15.7 Å². The number of aliphatic carboxylic acids is 1. The third-order valence-corrected chi connectivity index (χ3v) is 6.66. The molecule has 2 aromatic carbocycles. The molecule has 0 heterocycles. The van der Waals surface area contributed by atoms with E-state index in [1.165, 1.54) is 32.1 Å². The molecule has 5 N–H and O–H groups in total. The summed E-state index contributed by atoms with van der Waals surface area (Å²) in [6.45, 7) is 1.47. The molecule has 1 aliphatic carbocycles. The molecule has 0 bridgehead atoms. The largest absolute Gasteiger partial charge is 0.480 e. The van der Waals surface area contributed by atoms with Crippen LogP contribution in [-0.4, -0.2) is 42.4 Å². The highest BCUT2D eigenvalue weighted by molar-refractivity contribution is 6.12. The lowest BCUT2D eigenvalue weighted by molar-refractivity contribution is -0.136. The highest BCUT2D eigenvalue weighted by Gasteiger charge is 2.14. The van der Waals surface area contributed by atoms with Gasteiger partial charge in [0.05, 0.1) is 6.54 Å². The minimum absolute atomic E-state index is 0.144. The number of amides is 1. The second kappa shape index (κ2) is 15.7. The standard InChI is InChI=1S/C29H40N4O4/c30-26-16-15-24(18-25(26)20-31-21-28(35)36)29(23-12-6-2-7-13-23)33-37-17-9-3-8-14-27(34)32-19-22-10-4-1-5-11-22/h2,6-7,12-13,15-16,18,22,31H,1,3-5,8-11,14,17,19-21,30H2,(H,32,34)(H,35,36). The quantitative estimate of drug-likeness (QED) is 0.122. The first-order chi connectivity index (χ1) is 18.0. The molecule has 1 fully saturated rings. The number of carbonyl (C=O) groups is 2. The zero-order valence-corrected chi connectivity index (χ0v) is 21.6. The van der Waals surface area contributed by atoms with Crippen molar-refractivity contribution in [3.8, 4) is 0 Å². The molecule has 37 heavy (non-hydrogen) atoms. The van der Waals surface area contributed by atoms with Gasteiger partial charge in [0.25, 0.3) is 0 Å². The Morgan fingerprint density at radius 1 is 1.00 bits per heavy atom. The third-order valence-electron chi connectivity index (χ3n) is 6.66. The van der Waals surface area contributed by atoms with Crippen LogP contribution in [0.2, 0.25) is 0 Å². The monoisotopic (exact) mass is 508 g/mol. The van der Waals surface area contributed by atoms with Crippen LogP contribution >= 0.6 is 0 Å². The number of carboxylic acid groups (broad SMARTS) is 1. The van der Waals surface area contributed by atoms with E-state index in [0.29, 0.717) is 36.9 Å². The highest BCUT2D eigenvalue weighted by Crippen LogP contribution is 2.23. The molecule has 1 saturated carbocycles. The zero-order valence-electron chi connectivity index (χ0n) is 21.6. The predicted molar refractivity (Wildman–Crippen MR) is 146 cm³/mol. The summed E-state index contributed by atoms with van der Waals surface area (Å²) in [6, 6.07) is 15.3.